The van der Waals surface area contributed by atoms with E-state index < -0.39 is 8.32 Å². The highest BCUT2D eigenvalue weighted by Crippen LogP contribution is 2.30. The van der Waals surface area contributed by atoms with Gasteiger partial charge >= 0.3 is 0 Å². The van der Waals surface area contributed by atoms with Crippen LogP contribution >= 0.6 is 0 Å². The summed E-state index contributed by atoms with van der Waals surface area (Å²) in [5, 5.41) is 0. The Kier molecular flexibility index (Phi) is 4.29. The van der Waals surface area contributed by atoms with Crippen molar-refractivity contribution in [3.8, 4) is 5.75 Å². The maximum absolute atomic E-state index is 6.06. The Morgan fingerprint density at radius 2 is 1.85 bits per heavy atom. The molecule has 0 radical (unpaired) electrons. The van der Waals surface area contributed by atoms with Crippen molar-refractivity contribution in [2.75, 3.05) is 0 Å². The van der Waals surface area contributed by atoms with Crippen LogP contribution in [0.1, 0.15) is 11.4 Å². The molecule has 2 aromatic rings. The second-order valence-electron chi connectivity index (χ2n) is 5.55. The number of nitrogens with zero attached hydrogens (tertiary/aromatic N) is 3. The molecule has 0 aliphatic rings. The summed E-state index contributed by atoms with van der Waals surface area (Å²) < 4.78 is 6.06. The molecule has 1 heterocycles. The van der Waals surface area contributed by atoms with Gasteiger partial charge in [-0.25, -0.2) is 15.0 Å². The molecule has 0 saturated carbocycles. The second-order valence-corrected chi connectivity index (χ2v) is 9.98. The molecule has 0 fully saturated rings. The van der Waals surface area contributed by atoms with Gasteiger partial charge in [0.1, 0.15) is 11.4 Å². The van der Waals surface area contributed by atoms with Crippen LogP contribution in [0.3, 0.4) is 0 Å². The Morgan fingerprint density at radius 1 is 1.15 bits per heavy atom. The molecular formula is C15H19N3OSi. The monoisotopic (exact) mass is 285 g/mol. The number of aliphatic imine (C=N–C) groups is 1. The first-order valence-electron chi connectivity index (χ1n) is 6.55. The minimum Gasteiger partial charge on any atom is -0.543 e. The lowest BCUT2D eigenvalue weighted by Gasteiger charge is -2.20. The molecule has 2 rings (SSSR count). The first kappa shape index (κ1) is 14.4. The minimum atomic E-state index is -1.66. The van der Waals surface area contributed by atoms with Crippen LogP contribution < -0.4 is 4.43 Å². The molecule has 5 heteroatoms. The Hall–Kier alpha value is -2.01. The largest absolute Gasteiger partial charge is 0.543 e. The lowest BCUT2D eigenvalue weighted by Crippen LogP contribution is -2.29. The van der Waals surface area contributed by atoms with Crippen molar-refractivity contribution in [1.29, 1.82) is 0 Å². The molecular weight excluding hydrogens is 266 g/mol. The van der Waals surface area contributed by atoms with E-state index in [0.29, 0.717) is 5.82 Å². The average Bonchev–Trinajstić information content (AvgIpc) is 2.39. The van der Waals surface area contributed by atoms with Crippen molar-refractivity contribution in [2.24, 2.45) is 4.99 Å². The fourth-order valence-corrected chi connectivity index (χ4v) is 2.48. The summed E-state index contributed by atoms with van der Waals surface area (Å²) in [7, 11) is -1.66. The van der Waals surface area contributed by atoms with Crippen molar-refractivity contribution >= 4 is 20.2 Å². The van der Waals surface area contributed by atoms with Crippen LogP contribution in [0.2, 0.25) is 19.6 Å². The summed E-state index contributed by atoms with van der Waals surface area (Å²) in [4.78, 5) is 12.7. The van der Waals surface area contributed by atoms with Crippen LogP contribution in [0, 0.1) is 6.92 Å². The van der Waals surface area contributed by atoms with Gasteiger partial charge in [0, 0.05) is 12.4 Å². The fraction of sp³-hybridized carbons (Fsp3) is 0.267. The van der Waals surface area contributed by atoms with Crippen molar-refractivity contribution in [1.82, 2.24) is 9.97 Å². The van der Waals surface area contributed by atoms with E-state index in [1.54, 1.807) is 24.7 Å². The van der Waals surface area contributed by atoms with E-state index in [9.17, 15) is 0 Å². The van der Waals surface area contributed by atoms with Gasteiger partial charge in [-0.2, -0.15) is 0 Å². The first-order chi connectivity index (χ1) is 9.44. The Bertz CT molecular complexity index is 606. The predicted molar refractivity (Wildman–Crippen MR) is 84.4 cm³/mol. The summed E-state index contributed by atoms with van der Waals surface area (Å²) >= 11 is 0. The zero-order valence-corrected chi connectivity index (χ0v) is 13.3. The van der Waals surface area contributed by atoms with Crippen molar-refractivity contribution in [2.45, 2.75) is 26.6 Å². The molecule has 104 valence electrons. The third-order valence-electron chi connectivity index (χ3n) is 2.44. The molecule has 1 aromatic carbocycles. The van der Waals surface area contributed by atoms with Gasteiger partial charge in [0.05, 0.1) is 6.21 Å². The first-order valence-corrected chi connectivity index (χ1v) is 9.96. The summed E-state index contributed by atoms with van der Waals surface area (Å²) in [6, 6.07) is 7.80. The molecule has 1 aromatic heterocycles. The second kappa shape index (κ2) is 5.96. The van der Waals surface area contributed by atoms with E-state index in [1.807, 2.05) is 25.1 Å². The zero-order chi connectivity index (χ0) is 14.6. The highest BCUT2D eigenvalue weighted by Gasteiger charge is 2.18. The van der Waals surface area contributed by atoms with E-state index in [0.717, 1.165) is 17.0 Å². The van der Waals surface area contributed by atoms with Crippen molar-refractivity contribution < 1.29 is 4.43 Å². The minimum absolute atomic E-state index is 0.591. The molecule has 0 atom stereocenters. The van der Waals surface area contributed by atoms with E-state index in [2.05, 4.69) is 34.6 Å². The number of benzene rings is 1. The number of hydrogen-bond acceptors (Lipinski definition) is 4. The van der Waals surface area contributed by atoms with Crippen LogP contribution in [0.15, 0.2) is 41.7 Å². The highest BCUT2D eigenvalue weighted by molar-refractivity contribution is 6.70. The third kappa shape index (κ3) is 4.27. The molecule has 0 unspecified atom stereocenters. The van der Waals surface area contributed by atoms with Crippen LogP contribution in [0.5, 0.6) is 5.75 Å². The van der Waals surface area contributed by atoms with Gasteiger partial charge in [0.25, 0.3) is 0 Å². The maximum atomic E-state index is 6.06. The van der Waals surface area contributed by atoms with Gasteiger partial charge in [-0.15, -0.1) is 0 Å². The molecule has 0 N–H and O–H groups in total. The van der Waals surface area contributed by atoms with Gasteiger partial charge in [-0.3, -0.25) is 0 Å². The zero-order valence-electron chi connectivity index (χ0n) is 12.3. The Balaban J connectivity index is 2.30. The van der Waals surface area contributed by atoms with E-state index in [4.69, 9.17) is 4.43 Å². The third-order valence-corrected chi connectivity index (χ3v) is 3.27. The normalized spacial score (nSPS) is 11.8. The van der Waals surface area contributed by atoms with Crippen molar-refractivity contribution in [3.05, 3.63) is 48.0 Å². The average molecular weight is 285 g/mol. The predicted octanol–water partition coefficient (Wildman–Crippen LogP) is 3.75. The SMILES string of the molecule is Cc1ccc(O[Si](C)(C)C)c(N=Cc2ncccn2)c1. The Labute approximate surface area is 120 Å². The lowest BCUT2D eigenvalue weighted by molar-refractivity contribution is 0.559. The standard InChI is InChI=1S/C15H19N3OSi/c1-12-6-7-14(19-20(2,3)4)13(10-12)18-11-15-16-8-5-9-17-15/h5-11H,1-4H3. The number of aryl methyl sites for hydroxylation is 1. The topological polar surface area (TPSA) is 47.4 Å². The number of aromatic nitrogens is 2. The van der Waals surface area contributed by atoms with Crippen LogP contribution in [0.4, 0.5) is 5.69 Å². The molecule has 0 aliphatic heterocycles. The smallest absolute Gasteiger partial charge is 0.242 e. The number of rotatable bonds is 4. The molecule has 4 nitrogen and oxygen atoms in total. The van der Waals surface area contributed by atoms with Crippen molar-refractivity contribution in [3.63, 3.8) is 0 Å². The molecule has 0 spiro atoms. The summed E-state index contributed by atoms with van der Waals surface area (Å²) in [5.74, 6) is 1.41. The van der Waals surface area contributed by atoms with Gasteiger partial charge < -0.3 is 4.43 Å². The molecule has 0 bridgehead atoms. The van der Waals surface area contributed by atoms with Crippen LogP contribution in [-0.2, 0) is 0 Å². The summed E-state index contributed by atoms with van der Waals surface area (Å²) in [6.45, 7) is 8.50. The van der Waals surface area contributed by atoms with E-state index in [1.165, 1.54) is 0 Å². The van der Waals surface area contributed by atoms with Crippen LogP contribution in [-0.4, -0.2) is 24.5 Å². The molecule has 0 amide bonds. The van der Waals surface area contributed by atoms with Crippen LogP contribution in [0.25, 0.3) is 0 Å². The fourth-order valence-electron chi connectivity index (χ4n) is 1.65. The Morgan fingerprint density at radius 3 is 2.50 bits per heavy atom. The molecule has 0 saturated heterocycles. The highest BCUT2D eigenvalue weighted by atomic mass is 28.4. The maximum Gasteiger partial charge on any atom is 0.242 e. The van der Waals surface area contributed by atoms with Gasteiger partial charge in [-0.1, -0.05) is 6.07 Å². The quantitative estimate of drug-likeness (QED) is 0.635. The summed E-state index contributed by atoms with van der Waals surface area (Å²) in [6.07, 6.45) is 5.06. The number of hydrogen-bond donors (Lipinski definition) is 0. The lowest BCUT2D eigenvalue weighted by atomic mass is 10.2. The van der Waals surface area contributed by atoms with Gasteiger partial charge in [-0.05, 0) is 50.3 Å². The van der Waals surface area contributed by atoms with Gasteiger partial charge in [0.2, 0.25) is 8.32 Å². The van der Waals surface area contributed by atoms with Gasteiger partial charge in [0.15, 0.2) is 5.82 Å². The van der Waals surface area contributed by atoms with E-state index in [-0.39, 0.29) is 0 Å². The summed E-state index contributed by atoms with van der Waals surface area (Å²) in [5.41, 5.74) is 1.97. The molecule has 0 aliphatic carbocycles. The molecule has 20 heavy (non-hydrogen) atoms. The van der Waals surface area contributed by atoms with E-state index >= 15 is 0 Å².